The lowest BCUT2D eigenvalue weighted by Crippen LogP contribution is -2.50. The van der Waals surface area contributed by atoms with Crippen molar-refractivity contribution in [3.8, 4) is 0 Å². The van der Waals surface area contributed by atoms with Gasteiger partial charge in [-0.1, -0.05) is 6.92 Å². The van der Waals surface area contributed by atoms with Gasteiger partial charge >= 0.3 is 0 Å². The molecule has 2 heterocycles. The molecule has 0 aliphatic carbocycles. The van der Waals surface area contributed by atoms with Crippen molar-refractivity contribution in [1.29, 1.82) is 0 Å². The van der Waals surface area contributed by atoms with Crippen LogP contribution in [0.5, 0.6) is 0 Å². The molecule has 0 saturated carbocycles. The van der Waals surface area contributed by atoms with E-state index in [1.54, 1.807) is 0 Å². The third-order valence-corrected chi connectivity index (χ3v) is 3.86. The maximum absolute atomic E-state index is 5.64. The van der Waals surface area contributed by atoms with Gasteiger partial charge in [0.1, 0.15) is 11.5 Å². The maximum Gasteiger partial charge on any atom is 0.105 e. The van der Waals surface area contributed by atoms with Gasteiger partial charge in [-0.25, -0.2) is 0 Å². The molecule has 1 aromatic heterocycles. The second-order valence-corrected chi connectivity index (χ2v) is 5.10. The van der Waals surface area contributed by atoms with Gasteiger partial charge in [-0.3, -0.25) is 4.90 Å². The fraction of sp³-hybridized carbons (Fsp3) is 0.714. The molecule has 0 amide bonds. The summed E-state index contributed by atoms with van der Waals surface area (Å²) in [6.07, 6.45) is 1.20. The lowest BCUT2D eigenvalue weighted by Gasteiger charge is -2.37. The number of hydrogen-bond donors (Lipinski definition) is 1. The van der Waals surface area contributed by atoms with E-state index in [2.05, 4.69) is 37.1 Å². The number of aryl methyl sites for hydroxylation is 2. The standard InChI is InChI=1S/C14H24N2O/c1-5-13-9-16(7-6-15-13)11(3)14-8-10(2)17-12(14)4/h8,11,13,15H,5-7,9H2,1-4H3. The van der Waals surface area contributed by atoms with Crippen LogP contribution in [0.25, 0.3) is 0 Å². The van der Waals surface area contributed by atoms with Crippen molar-refractivity contribution in [1.82, 2.24) is 10.2 Å². The van der Waals surface area contributed by atoms with Gasteiger partial charge in [-0.05, 0) is 33.3 Å². The van der Waals surface area contributed by atoms with E-state index < -0.39 is 0 Å². The first-order valence-corrected chi connectivity index (χ1v) is 6.66. The van der Waals surface area contributed by atoms with E-state index >= 15 is 0 Å². The molecular formula is C14H24N2O. The zero-order valence-electron chi connectivity index (χ0n) is 11.4. The van der Waals surface area contributed by atoms with Crippen LogP contribution < -0.4 is 5.32 Å². The Morgan fingerprint density at radius 2 is 2.29 bits per heavy atom. The molecule has 17 heavy (non-hydrogen) atoms. The summed E-state index contributed by atoms with van der Waals surface area (Å²) >= 11 is 0. The highest BCUT2D eigenvalue weighted by atomic mass is 16.3. The summed E-state index contributed by atoms with van der Waals surface area (Å²) in [5, 5.41) is 3.56. The molecule has 0 aromatic carbocycles. The Balaban J connectivity index is 2.08. The van der Waals surface area contributed by atoms with Gasteiger partial charge in [0.25, 0.3) is 0 Å². The molecular weight excluding hydrogens is 212 g/mol. The van der Waals surface area contributed by atoms with Gasteiger partial charge in [0, 0.05) is 37.3 Å². The van der Waals surface area contributed by atoms with Crippen molar-refractivity contribution in [2.24, 2.45) is 0 Å². The summed E-state index contributed by atoms with van der Waals surface area (Å²) in [4.78, 5) is 2.56. The molecule has 1 fully saturated rings. The molecule has 96 valence electrons. The number of piperazine rings is 1. The molecule has 1 aliphatic rings. The first kappa shape index (κ1) is 12.7. The second kappa shape index (κ2) is 5.23. The zero-order chi connectivity index (χ0) is 12.4. The average molecular weight is 236 g/mol. The molecule has 2 unspecified atom stereocenters. The van der Waals surface area contributed by atoms with Crippen molar-refractivity contribution in [2.75, 3.05) is 19.6 Å². The van der Waals surface area contributed by atoms with Crippen LogP contribution in [-0.2, 0) is 0 Å². The molecule has 2 atom stereocenters. The molecule has 3 heteroatoms. The fourth-order valence-electron chi connectivity index (χ4n) is 2.74. The number of nitrogens with zero attached hydrogens (tertiary/aromatic N) is 1. The van der Waals surface area contributed by atoms with Crippen LogP contribution >= 0.6 is 0 Å². The minimum Gasteiger partial charge on any atom is -0.466 e. The topological polar surface area (TPSA) is 28.4 Å². The van der Waals surface area contributed by atoms with Crippen LogP contribution in [0.1, 0.15) is 43.4 Å². The Morgan fingerprint density at radius 3 is 2.88 bits per heavy atom. The van der Waals surface area contributed by atoms with E-state index in [1.807, 2.05) is 6.92 Å². The minimum absolute atomic E-state index is 0.462. The largest absolute Gasteiger partial charge is 0.466 e. The first-order chi connectivity index (χ1) is 8.11. The van der Waals surface area contributed by atoms with Crippen LogP contribution in [-0.4, -0.2) is 30.6 Å². The Labute approximate surface area is 104 Å². The molecule has 1 aliphatic heterocycles. The Hall–Kier alpha value is -0.800. The Kier molecular flexibility index (Phi) is 3.89. The highest BCUT2D eigenvalue weighted by molar-refractivity contribution is 5.23. The van der Waals surface area contributed by atoms with E-state index in [4.69, 9.17) is 4.42 Å². The summed E-state index contributed by atoms with van der Waals surface area (Å²) in [5.74, 6) is 2.09. The third kappa shape index (κ3) is 2.72. The average Bonchev–Trinajstić information content (AvgIpc) is 2.67. The fourth-order valence-corrected chi connectivity index (χ4v) is 2.74. The van der Waals surface area contributed by atoms with Gasteiger partial charge < -0.3 is 9.73 Å². The predicted octanol–water partition coefficient (Wildman–Crippen LogP) is 2.64. The smallest absolute Gasteiger partial charge is 0.105 e. The van der Waals surface area contributed by atoms with Crippen LogP contribution in [0.15, 0.2) is 10.5 Å². The molecule has 1 aromatic rings. The van der Waals surface area contributed by atoms with Gasteiger partial charge in [-0.2, -0.15) is 0 Å². The Bertz CT molecular complexity index is 372. The van der Waals surface area contributed by atoms with Crippen LogP contribution in [0.3, 0.4) is 0 Å². The SMILES string of the molecule is CCC1CN(C(C)c2cc(C)oc2C)CCN1. The third-order valence-electron chi connectivity index (χ3n) is 3.86. The summed E-state index contributed by atoms with van der Waals surface area (Å²) in [7, 11) is 0. The van der Waals surface area contributed by atoms with Gasteiger partial charge in [0.2, 0.25) is 0 Å². The maximum atomic E-state index is 5.64. The van der Waals surface area contributed by atoms with Crippen molar-refractivity contribution >= 4 is 0 Å². The van der Waals surface area contributed by atoms with Crippen molar-refractivity contribution in [3.63, 3.8) is 0 Å². The highest BCUT2D eigenvalue weighted by Gasteiger charge is 2.24. The van der Waals surface area contributed by atoms with Crippen molar-refractivity contribution in [2.45, 2.75) is 46.2 Å². The lowest BCUT2D eigenvalue weighted by atomic mass is 10.0. The van der Waals surface area contributed by atoms with Crippen molar-refractivity contribution < 1.29 is 4.42 Å². The summed E-state index contributed by atoms with van der Waals surface area (Å²) in [6, 6.07) is 3.28. The number of rotatable bonds is 3. The molecule has 3 nitrogen and oxygen atoms in total. The molecule has 0 spiro atoms. The summed E-state index contributed by atoms with van der Waals surface area (Å²) in [6.45, 7) is 12.0. The van der Waals surface area contributed by atoms with E-state index in [9.17, 15) is 0 Å². The monoisotopic (exact) mass is 236 g/mol. The van der Waals surface area contributed by atoms with Crippen LogP contribution in [0, 0.1) is 13.8 Å². The Morgan fingerprint density at radius 1 is 1.53 bits per heavy atom. The molecule has 1 saturated heterocycles. The molecule has 1 N–H and O–H groups in total. The van der Waals surface area contributed by atoms with Gasteiger partial charge in [-0.15, -0.1) is 0 Å². The van der Waals surface area contributed by atoms with Gasteiger partial charge in [0.15, 0.2) is 0 Å². The molecule has 0 radical (unpaired) electrons. The number of hydrogen-bond acceptors (Lipinski definition) is 3. The lowest BCUT2D eigenvalue weighted by molar-refractivity contribution is 0.150. The zero-order valence-corrected chi connectivity index (χ0v) is 11.4. The van der Waals surface area contributed by atoms with Crippen LogP contribution in [0.2, 0.25) is 0 Å². The minimum atomic E-state index is 0.462. The predicted molar refractivity (Wildman–Crippen MR) is 70.3 cm³/mol. The van der Waals surface area contributed by atoms with Crippen LogP contribution in [0.4, 0.5) is 0 Å². The molecule has 0 bridgehead atoms. The van der Waals surface area contributed by atoms with E-state index in [0.717, 1.165) is 31.2 Å². The van der Waals surface area contributed by atoms with Crippen molar-refractivity contribution in [3.05, 3.63) is 23.2 Å². The highest BCUT2D eigenvalue weighted by Crippen LogP contribution is 2.27. The molecule has 2 rings (SSSR count). The summed E-state index contributed by atoms with van der Waals surface area (Å²) < 4.78 is 5.64. The van der Waals surface area contributed by atoms with E-state index in [1.165, 1.54) is 12.0 Å². The normalized spacial score (nSPS) is 23.9. The summed E-state index contributed by atoms with van der Waals surface area (Å²) in [5.41, 5.74) is 1.35. The quantitative estimate of drug-likeness (QED) is 0.874. The van der Waals surface area contributed by atoms with E-state index in [-0.39, 0.29) is 0 Å². The van der Waals surface area contributed by atoms with Gasteiger partial charge in [0.05, 0.1) is 0 Å². The second-order valence-electron chi connectivity index (χ2n) is 5.10. The first-order valence-electron chi connectivity index (χ1n) is 6.66. The number of furan rings is 1. The van der Waals surface area contributed by atoms with E-state index in [0.29, 0.717) is 12.1 Å². The number of nitrogens with one attached hydrogen (secondary N) is 1.